The smallest absolute Gasteiger partial charge is 0.279 e. The van der Waals surface area contributed by atoms with Gasteiger partial charge >= 0.3 is 0 Å². The van der Waals surface area contributed by atoms with E-state index in [2.05, 4.69) is 10.9 Å². The predicted molar refractivity (Wildman–Crippen MR) is 112 cm³/mol. The van der Waals surface area contributed by atoms with Crippen LogP contribution in [0.5, 0.6) is 17.2 Å². The predicted octanol–water partition coefficient (Wildman–Crippen LogP) is 1.75. The highest BCUT2D eigenvalue weighted by Gasteiger charge is 2.31. The van der Waals surface area contributed by atoms with Crippen molar-refractivity contribution in [2.45, 2.75) is 23.8 Å². The fraction of sp³-hybridized carbons (Fsp3) is 0.350. The number of amides is 1. The van der Waals surface area contributed by atoms with Crippen molar-refractivity contribution in [1.29, 1.82) is 0 Å². The van der Waals surface area contributed by atoms with Crippen LogP contribution in [-0.2, 0) is 9.71 Å². The summed E-state index contributed by atoms with van der Waals surface area (Å²) in [7, 11) is -0.254. The lowest BCUT2D eigenvalue weighted by atomic mass is 10.1. The normalized spacial score (nSPS) is 17.0. The summed E-state index contributed by atoms with van der Waals surface area (Å²) in [4.78, 5) is 16.5. The second-order valence-electron chi connectivity index (χ2n) is 6.68. The first-order valence-corrected chi connectivity index (χ1v) is 11.0. The standard InChI is InChI=1S/C20H25N3O6S/c1-27-16-4-5-17(18(19(16)28-2)20(24)22-25)30(3,26)23-12-8-15(9-13-23)29-14-6-10-21-11-7-14/h4-7,10-11,15,25H,3,8-9,12-13H2,1-2H3,(H,22,24). The van der Waals surface area contributed by atoms with Crippen molar-refractivity contribution in [2.75, 3.05) is 27.3 Å². The number of nitrogens with one attached hydrogen (secondary N) is 1. The lowest BCUT2D eigenvalue weighted by Crippen LogP contribution is -2.42. The van der Waals surface area contributed by atoms with Crippen molar-refractivity contribution in [1.82, 2.24) is 14.8 Å². The van der Waals surface area contributed by atoms with Crippen molar-refractivity contribution in [3.63, 3.8) is 0 Å². The topological polar surface area (TPSA) is 110 Å². The number of piperidine rings is 1. The van der Waals surface area contributed by atoms with Gasteiger partial charge in [-0.05, 0) is 43.0 Å². The Morgan fingerprint density at radius 2 is 1.87 bits per heavy atom. The molecule has 1 saturated heterocycles. The summed E-state index contributed by atoms with van der Waals surface area (Å²) in [5.74, 6) is 4.17. The van der Waals surface area contributed by atoms with Gasteiger partial charge in [0.1, 0.15) is 17.4 Å². The van der Waals surface area contributed by atoms with Crippen molar-refractivity contribution in [3.05, 3.63) is 42.2 Å². The molecule has 0 spiro atoms. The number of carbonyl (C=O) groups excluding carboxylic acids is 1. The van der Waals surface area contributed by atoms with E-state index >= 15 is 0 Å². The summed E-state index contributed by atoms with van der Waals surface area (Å²) in [6.07, 6.45) is 4.59. The van der Waals surface area contributed by atoms with Gasteiger partial charge < -0.3 is 14.2 Å². The summed E-state index contributed by atoms with van der Waals surface area (Å²) in [6.45, 7) is 0.930. The summed E-state index contributed by atoms with van der Waals surface area (Å²) in [6, 6.07) is 6.66. The van der Waals surface area contributed by atoms with Gasteiger partial charge in [-0.2, -0.15) is 0 Å². The van der Waals surface area contributed by atoms with Crippen molar-refractivity contribution < 1.29 is 28.4 Å². The highest BCUT2D eigenvalue weighted by molar-refractivity contribution is 7.98. The molecule has 162 valence electrons. The number of carbonyl (C=O) groups is 1. The number of pyridine rings is 1. The Hall–Kier alpha value is -2.82. The van der Waals surface area contributed by atoms with Crippen molar-refractivity contribution in [3.8, 4) is 17.2 Å². The van der Waals surface area contributed by atoms with E-state index in [1.807, 2.05) is 0 Å². The van der Waals surface area contributed by atoms with Gasteiger partial charge in [-0.1, -0.05) is 0 Å². The van der Waals surface area contributed by atoms with Gasteiger partial charge in [-0.25, -0.2) is 14.0 Å². The summed E-state index contributed by atoms with van der Waals surface area (Å²) >= 11 is 0. The summed E-state index contributed by atoms with van der Waals surface area (Å²) in [5.41, 5.74) is 1.51. The number of rotatable bonds is 7. The summed E-state index contributed by atoms with van der Waals surface area (Å²) < 4.78 is 31.9. The van der Waals surface area contributed by atoms with Crippen molar-refractivity contribution in [2.24, 2.45) is 0 Å². The number of nitrogens with zero attached hydrogens (tertiary/aromatic N) is 2. The molecule has 0 radical (unpaired) electrons. The number of benzene rings is 1. The average Bonchev–Trinajstić information content (AvgIpc) is 2.78. The van der Waals surface area contributed by atoms with Gasteiger partial charge in [-0.3, -0.25) is 15.0 Å². The Morgan fingerprint density at radius 3 is 2.43 bits per heavy atom. The van der Waals surface area contributed by atoms with E-state index in [1.165, 1.54) is 20.3 Å². The first-order chi connectivity index (χ1) is 14.4. The highest BCUT2D eigenvalue weighted by atomic mass is 32.2. The molecule has 2 aromatic rings. The molecule has 9 nitrogen and oxygen atoms in total. The molecule has 1 aromatic carbocycles. The van der Waals surface area contributed by atoms with Crippen LogP contribution in [0.25, 0.3) is 0 Å². The molecule has 1 unspecified atom stereocenters. The number of ether oxygens (including phenoxy) is 3. The molecule has 0 aliphatic carbocycles. The van der Waals surface area contributed by atoms with Crippen LogP contribution in [0.15, 0.2) is 41.6 Å². The van der Waals surface area contributed by atoms with Gasteiger partial charge in [0, 0.05) is 25.5 Å². The van der Waals surface area contributed by atoms with Gasteiger partial charge in [-0.15, -0.1) is 0 Å². The van der Waals surface area contributed by atoms with E-state index in [-0.39, 0.29) is 28.1 Å². The van der Waals surface area contributed by atoms with Gasteiger partial charge in [0.05, 0.1) is 28.8 Å². The van der Waals surface area contributed by atoms with Gasteiger partial charge in [0.25, 0.3) is 5.91 Å². The molecule has 3 rings (SSSR count). The first kappa shape index (κ1) is 21.9. The zero-order valence-electron chi connectivity index (χ0n) is 16.9. The second kappa shape index (κ2) is 9.33. The third kappa shape index (κ3) is 4.35. The molecule has 1 atom stereocenters. The fourth-order valence-electron chi connectivity index (χ4n) is 3.44. The number of hydrogen-bond acceptors (Lipinski definition) is 7. The van der Waals surface area contributed by atoms with E-state index in [1.54, 1.807) is 40.4 Å². The van der Waals surface area contributed by atoms with Crippen LogP contribution in [0.2, 0.25) is 0 Å². The molecule has 1 amide bonds. The quantitative estimate of drug-likeness (QED) is 0.387. The Balaban J connectivity index is 1.85. The molecule has 30 heavy (non-hydrogen) atoms. The second-order valence-corrected chi connectivity index (χ2v) is 8.92. The third-order valence-electron chi connectivity index (χ3n) is 4.95. The van der Waals surface area contributed by atoms with Crippen LogP contribution in [-0.4, -0.2) is 63.9 Å². The fourth-order valence-corrected chi connectivity index (χ4v) is 5.30. The molecular weight excluding hydrogens is 410 g/mol. The highest BCUT2D eigenvalue weighted by Crippen LogP contribution is 2.37. The maximum absolute atomic E-state index is 13.7. The number of methoxy groups -OCH3 is 2. The lowest BCUT2D eigenvalue weighted by Gasteiger charge is -2.34. The average molecular weight is 436 g/mol. The zero-order chi connectivity index (χ0) is 21.7. The van der Waals surface area contributed by atoms with E-state index in [9.17, 15) is 14.2 Å². The van der Waals surface area contributed by atoms with Crippen LogP contribution in [0.3, 0.4) is 0 Å². The monoisotopic (exact) mass is 435 g/mol. The Morgan fingerprint density at radius 1 is 1.20 bits per heavy atom. The van der Waals surface area contributed by atoms with E-state index < -0.39 is 15.6 Å². The van der Waals surface area contributed by atoms with Gasteiger partial charge in [0.15, 0.2) is 11.5 Å². The molecule has 2 N–H and O–H groups in total. The summed E-state index contributed by atoms with van der Waals surface area (Å²) in [5, 5.41) is 9.20. The number of aromatic nitrogens is 1. The number of hydrogen-bond donors (Lipinski definition) is 2. The largest absolute Gasteiger partial charge is 0.493 e. The van der Waals surface area contributed by atoms with E-state index in [0.29, 0.717) is 25.9 Å². The van der Waals surface area contributed by atoms with Gasteiger partial charge in [0.2, 0.25) is 0 Å². The van der Waals surface area contributed by atoms with Crippen LogP contribution >= 0.6 is 0 Å². The number of hydroxylamine groups is 1. The lowest BCUT2D eigenvalue weighted by molar-refractivity contribution is 0.0698. The maximum Gasteiger partial charge on any atom is 0.279 e. The third-order valence-corrected chi connectivity index (χ3v) is 7.18. The molecule has 1 aliphatic rings. The molecule has 1 aliphatic heterocycles. The minimum Gasteiger partial charge on any atom is -0.493 e. The van der Waals surface area contributed by atoms with E-state index in [4.69, 9.17) is 14.2 Å². The van der Waals surface area contributed by atoms with Crippen molar-refractivity contribution >= 4 is 21.5 Å². The Kier molecular flexibility index (Phi) is 6.80. The minimum absolute atomic E-state index is 0.0236. The first-order valence-electron chi connectivity index (χ1n) is 9.30. The zero-order valence-corrected chi connectivity index (χ0v) is 17.7. The molecule has 1 aromatic heterocycles. The minimum atomic E-state index is -3.04. The molecule has 10 heteroatoms. The van der Waals surface area contributed by atoms with E-state index in [0.717, 1.165) is 5.75 Å². The molecular formula is C20H25N3O6S. The maximum atomic E-state index is 13.7. The molecule has 2 heterocycles. The SMILES string of the molecule is C=S(=O)(c1ccc(OC)c(OC)c1C(=O)NO)N1CCC(Oc2ccncc2)CC1. The van der Waals surface area contributed by atoms with Crippen LogP contribution in [0.1, 0.15) is 23.2 Å². The molecule has 0 saturated carbocycles. The molecule has 0 bridgehead atoms. The van der Waals surface area contributed by atoms with Crippen LogP contribution < -0.4 is 19.7 Å². The van der Waals surface area contributed by atoms with Crippen LogP contribution in [0, 0.1) is 0 Å². The molecule has 1 fully saturated rings. The van der Waals surface area contributed by atoms with Crippen LogP contribution in [0.4, 0.5) is 0 Å². The Labute approximate surface area is 175 Å². The Bertz CT molecular complexity index is 989.